The Morgan fingerprint density at radius 1 is 1.19 bits per heavy atom. The van der Waals surface area contributed by atoms with Crippen LogP contribution >= 0.6 is 11.6 Å². The van der Waals surface area contributed by atoms with Crippen LogP contribution in [0, 0.1) is 6.92 Å². The van der Waals surface area contributed by atoms with E-state index in [-0.39, 0.29) is 11.8 Å². The maximum atomic E-state index is 11.9. The zero-order valence-electron chi connectivity index (χ0n) is 17.5. The number of nitrogens with one attached hydrogen (secondary N) is 2. The number of hydrogen-bond acceptors (Lipinski definition) is 6. The van der Waals surface area contributed by atoms with Gasteiger partial charge in [0.1, 0.15) is 22.7 Å². The first kappa shape index (κ1) is 22.2. The first-order valence-electron chi connectivity index (χ1n) is 10.0. The predicted octanol–water partition coefficient (Wildman–Crippen LogP) is 3.38. The van der Waals surface area contributed by atoms with Crippen LogP contribution in [-0.4, -0.2) is 37.4 Å². The lowest BCUT2D eigenvalue weighted by Crippen LogP contribution is -2.36. The molecule has 4 N–H and O–H groups in total. The third kappa shape index (κ3) is 5.07. The Balaban J connectivity index is 1.51. The molecule has 0 saturated heterocycles. The SMILES string of the molecule is Cc1cnc(Nc2cccc(S(N)=O)c2)nc1Nc1ccc2c(c1)CCN(C(=O)CCl)C2. The van der Waals surface area contributed by atoms with Crippen LogP contribution in [0.1, 0.15) is 16.7 Å². The maximum Gasteiger partial charge on any atom is 0.237 e. The summed E-state index contributed by atoms with van der Waals surface area (Å²) in [5.41, 5.74) is 4.82. The van der Waals surface area contributed by atoms with Crippen molar-refractivity contribution in [1.82, 2.24) is 14.9 Å². The van der Waals surface area contributed by atoms with Crippen LogP contribution < -0.4 is 15.8 Å². The third-order valence-corrected chi connectivity index (χ3v) is 6.19. The number of anilines is 4. The van der Waals surface area contributed by atoms with Crippen molar-refractivity contribution in [2.75, 3.05) is 23.1 Å². The normalized spacial score (nSPS) is 13.9. The number of benzene rings is 2. The van der Waals surface area contributed by atoms with Gasteiger partial charge in [-0.3, -0.25) is 4.79 Å². The predicted molar refractivity (Wildman–Crippen MR) is 127 cm³/mol. The monoisotopic (exact) mass is 470 g/mol. The molecule has 1 atom stereocenters. The zero-order chi connectivity index (χ0) is 22.7. The molecule has 0 bridgehead atoms. The van der Waals surface area contributed by atoms with E-state index in [2.05, 4.69) is 26.7 Å². The van der Waals surface area contributed by atoms with Crippen LogP contribution in [0.3, 0.4) is 0 Å². The van der Waals surface area contributed by atoms with E-state index in [9.17, 15) is 9.00 Å². The lowest BCUT2D eigenvalue weighted by Gasteiger charge is -2.28. The highest BCUT2D eigenvalue weighted by Gasteiger charge is 2.20. The summed E-state index contributed by atoms with van der Waals surface area (Å²) in [5.74, 6) is 1.05. The molecule has 0 saturated carbocycles. The second kappa shape index (κ2) is 9.64. The van der Waals surface area contributed by atoms with Crippen molar-refractivity contribution in [3.63, 3.8) is 0 Å². The minimum Gasteiger partial charge on any atom is -0.340 e. The largest absolute Gasteiger partial charge is 0.340 e. The highest BCUT2D eigenvalue weighted by molar-refractivity contribution is 7.82. The third-order valence-electron chi connectivity index (χ3n) is 5.24. The van der Waals surface area contributed by atoms with Gasteiger partial charge in [0.25, 0.3) is 0 Å². The molecule has 0 aliphatic carbocycles. The quantitative estimate of drug-likeness (QED) is 0.476. The minimum atomic E-state index is -1.56. The Labute approximate surface area is 193 Å². The fourth-order valence-electron chi connectivity index (χ4n) is 3.52. The first-order chi connectivity index (χ1) is 15.4. The number of carbonyl (C=O) groups is 1. The fraction of sp³-hybridized carbons (Fsp3) is 0.227. The smallest absolute Gasteiger partial charge is 0.237 e. The molecule has 2 aromatic carbocycles. The number of aromatic nitrogens is 2. The minimum absolute atomic E-state index is 0.00665. The average molecular weight is 471 g/mol. The van der Waals surface area contributed by atoms with Crippen LogP contribution in [0.5, 0.6) is 0 Å². The van der Waals surface area contributed by atoms with Gasteiger partial charge in [-0.25, -0.2) is 14.3 Å². The summed E-state index contributed by atoms with van der Waals surface area (Å²) in [5, 5.41) is 11.9. The molecule has 1 aliphatic rings. The number of aryl methyl sites for hydroxylation is 1. The van der Waals surface area contributed by atoms with Gasteiger partial charge in [-0.2, -0.15) is 4.98 Å². The molecule has 166 valence electrons. The lowest BCUT2D eigenvalue weighted by atomic mass is 9.99. The Morgan fingerprint density at radius 3 is 2.78 bits per heavy atom. The summed E-state index contributed by atoms with van der Waals surface area (Å²) in [4.78, 5) is 23.1. The number of halogens is 1. The van der Waals surface area contributed by atoms with Gasteiger partial charge in [0.05, 0.1) is 4.90 Å². The van der Waals surface area contributed by atoms with E-state index in [1.54, 1.807) is 29.3 Å². The molecule has 3 aromatic rings. The van der Waals surface area contributed by atoms with Gasteiger partial charge >= 0.3 is 0 Å². The van der Waals surface area contributed by atoms with Crippen molar-refractivity contribution in [2.45, 2.75) is 24.8 Å². The second-order valence-electron chi connectivity index (χ2n) is 7.48. The van der Waals surface area contributed by atoms with Crippen molar-refractivity contribution in [3.05, 3.63) is 65.4 Å². The maximum absolute atomic E-state index is 11.9. The Bertz CT molecular complexity index is 1190. The van der Waals surface area contributed by atoms with Gasteiger partial charge in [-0.1, -0.05) is 12.1 Å². The number of nitrogens with two attached hydrogens (primary N) is 1. The highest BCUT2D eigenvalue weighted by Crippen LogP contribution is 2.26. The number of nitrogens with zero attached hydrogens (tertiary/aromatic N) is 3. The number of alkyl halides is 1. The molecule has 1 unspecified atom stereocenters. The first-order valence-corrected chi connectivity index (χ1v) is 11.8. The number of carbonyl (C=O) groups excluding carboxylic acids is 1. The summed E-state index contributed by atoms with van der Waals surface area (Å²) in [6, 6.07) is 13.1. The topological polar surface area (TPSA) is 113 Å². The van der Waals surface area contributed by atoms with E-state index in [4.69, 9.17) is 16.7 Å². The molecule has 1 amide bonds. The molecule has 32 heavy (non-hydrogen) atoms. The summed E-state index contributed by atoms with van der Waals surface area (Å²) in [6.45, 7) is 3.17. The molecular weight excluding hydrogens is 448 g/mol. The lowest BCUT2D eigenvalue weighted by molar-refractivity contribution is -0.129. The Hall–Kier alpha value is -3.01. The van der Waals surface area contributed by atoms with Gasteiger partial charge in [0, 0.05) is 36.2 Å². The van der Waals surface area contributed by atoms with Gasteiger partial charge in [0.15, 0.2) is 0 Å². The van der Waals surface area contributed by atoms with Crippen LogP contribution in [0.2, 0.25) is 0 Å². The van der Waals surface area contributed by atoms with E-state index in [1.807, 2.05) is 25.1 Å². The van der Waals surface area contributed by atoms with E-state index in [0.717, 1.165) is 23.2 Å². The summed E-state index contributed by atoms with van der Waals surface area (Å²) in [6.07, 6.45) is 2.51. The van der Waals surface area contributed by atoms with Crippen LogP contribution in [-0.2, 0) is 28.7 Å². The van der Waals surface area contributed by atoms with E-state index < -0.39 is 11.0 Å². The highest BCUT2D eigenvalue weighted by atomic mass is 35.5. The van der Waals surface area contributed by atoms with Crippen LogP contribution in [0.4, 0.5) is 23.1 Å². The number of fused-ring (bicyclic) bond motifs is 1. The standard InChI is InChI=1S/C22H23ClN6O2S/c1-14-12-25-22(27-17-3-2-4-19(10-17)32(24)31)28-21(14)26-18-6-5-16-13-29(20(30)11-23)8-7-15(16)9-18/h2-6,9-10,12H,7-8,11,13,24H2,1H3,(H2,25,26,27,28). The molecule has 4 rings (SSSR count). The molecule has 0 spiro atoms. The Morgan fingerprint density at radius 2 is 2.00 bits per heavy atom. The van der Waals surface area contributed by atoms with E-state index >= 15 is 0 Å². The van der Waals surface area contributed by atoms with Gasteiger partial charge in [-0.15, -0.1) is 11.6 Å². The number of amides is 1. The van der Waals surface area contributed by atoms with Crippen LogP contribution in [0.25, 0.3) is 0 Å². The van der Waals surface area contributed by atoms with Gasteiger partial charge in [0.2, 0.25) is 11.9 Å². The fourth-order valence-corrected chi connectivity index (χ4v) is 4.15. The molecule has 10 heteroatoms. The van der Waals surface area contributed by atoms with Gasteiger partial charge < -0.3 is 15.5 Å². The molecule has 0 fully saturated rings. The summed E-state index contributed by atoms with van der Waals surface area (Å²) in [7, 11) is -1.56. The summed E-state index contributed by atoms with van der Waals surface area (Å²) >= 11 is 5.69. The number of hydrogen-bond donors (Lipinski definition) is 3. The second-order valence-corrected chi connectivity index (χ2v) is 8.82. The molecule has 1 aromatic heterocycles. The summed E-state index contributed by atoms with van der Waals surface area (Å²) < 4.78 is 11.5. The van der Waals surface area contributed by atoms with Gasteiger partial charge in [-0.05, 0) is 54.8 Å². The van der Waals surface area contributed by atoms with Crippen molar-refractivity contribution in [2.24, 2.45) is 5.14 Å². The van der Waals surface area contributed by atoms with Crippen molar-refractivity contribution in [3.8, 4) is 0 Å². The van der Waals surface area contributed by atoms with Crippen molar-refractivity contribution >= 4 is 51.6 Å². The molecule has 1 aliphatic heterocycles. The van der Waals surface area contributed by atoms with E-state index in [0.29, 0.717) is 35.4 Å². The average Bonchev–Trinajstić information content (AvgIpc) is 2.80. The molecular formula is C22H23ClN6O2S. The number of rotatable bonds is 6. The van der Waals surface area contributed by atoms with E-state index in [1.165, 1.54) is 5.56 Å². The van der Waals surface area contributed by atoms with Crippen molar-refractivity contribution in [1.29, 1.82) is 0 Å². The molecule has 0 radical (unpaired) electrons. The molecule has 8 nitrogen and oxygen atoms in total. The zero-order valence-corrected chi connectivity index (χ0v) is 19.0. The van der Waals surface area contributed by atoms with Crippen LogP contribution in [0.15, 0.2) is 53.6 Å². The molecule has 2 heterocycles. The Kier molecular flexibility index (Phi) is 6.69. The van der Waals surface area contributed by atoms with Crippen molar-refractivity contribution < 1.29 is 9.00 Å².